The average molecular weight is 557 g/mol. The van der Waals surface area contributed by atoms with E-state index >= 15 is 0 Å². The zero-order chi connectivity index (χ0) is 19.8. The molecule has 0 unspecified atom stereocenters. The maximum atomic E-state index is 5.84. The van der Waals surface area contributed by atoms with Gasteiger partial charge in [0.1, 0.15) is 0 Å². The quantitative estimate of drug-likeness (QED) is 0.304. The zero-order valence-corrected chi connectivity index (χ0v) is 24.8. The molecule has 0 aromatic carbocycles. The molecule has 0 heterocycles. The van der Waals surface area contributed by atoms with Gasteiger partial charge in [-0.1, -0.05) is 0 Å². The normalized spacial score (nSPS) is 14.9. The van der Waals surface area contributed by atoms with Crippen molar-refractivity contribution in [3.8, 4) is 0 Å². The second-order valence-electron chi connectivity index (χ2n) is 7.85. The Kier molecular flexibility index (Phi) is 18.4. The van der Waals surface area contributed by atoms with Gasteiger partial charge in [0, 0.05) is 0 Å². The van der Waals surface area contributed by atoms with Crippen LogP contribution in [0.5, 0.6) is 0 Å². The van der Waals surface area contributed by atoms with Crippen LogP contribution in [0.1, 0.15) is 26.7 Å². The van der Waals surface area contributed by atoms with Crippen LogP contribution in [0.4, 0.5) is 0 Å². The molecule has 0 saturated heterocycles. The van der Waals surface area contributed by atoms with E-state index in [0.717, 1.165) is 35.9 Å². The number of allylic oxidation sites excluding steroid dienone is 4. The predicted molar refractivity (Wildman–Crippen MR) is 111 cm³/mol. The molecule has 164 valence electrons. The summed E-state index contributed by atoms with van der Waals surface area (Å²) in [5.74, 6) is 3.37. The second-order valence-corrected chi connectivity index (χ2v) is 16.7. The Balaban J connectivity index is -0.000000422. The SMILES string of the molecule is CCOC1=[C-]CC=C1O[Si](C)(C)C.CCOC1=[C-]CC=C1O[Si](C)(C)C.[Cl-].[Cl-].[Zr+4]. The first-order valence-electron chi connectivity index (χ1n) is 9.32. The number of halogens is 2. The van der Waals surface area contributed by atoms with E-state index in [1.54, 1.807) is 0 Å². The molecule has 0 saturated carbocycles. The molecule has 2 rings (SSSR count). The van der Waals surface area contributed by atoms with Gasteiger partial charge in [-0.2, -0.15) is 0 Å². The molecular formula is C20H34Cl2O4Si2Zr. The zero-order valence-electron chi connectivity index (χ0n) is 18.9. The number of rotatable bonds is 8. The van der Waals surface area contributed by atoms with Crippen molar-refractivity contribution in [3.63, 3.8) is 0 Å². The molecule has 0 amide bonds. The Morgan fingerprint density at radius 3 is 1.28 bits per heavy atom. The van der Waals surface area contributed by atoms with Gasteiger partial charge in [-0.15, -0.1) is 25.0 Å². The van der Waals surface area contributed by atoms with Crippen molar-refractivity contribution in [2.45, 2.75) is 66.0 Å². The van der Waals surface area contributed by atoms with E-state index in [4.69, 9.17) is 18.3 Å². The molecule has 0 fully saturated rings. The van der Waals surface area contributed by atoms with E-state index in [-0.39, 0.29) is 51.0 Å². The van der Waals surface area contributed by atoms with E-state index in [1.807, 2.05) is 26.0 Å². The van der Waals surface area contributed by atoms with Crippen LogP contribution in [-0.4, -0.2) is 29.8 Å². The average Bonchev–Trinajstić information content (AvgIpc) is 3.08. The van der Waals surface area contributed by atoms with Crippen LogP contribution < -0.4 is 24.8 Å². The summed E-state index contributed by atoms with van der Waals surface area (Å²) in [5.41, 5.74) is 0. The summed E-state index contributed by atoms with van der Waals surface area (Å²) in [6.45, 7) is 18.3. The summed E-state index contributed by atoms with van der Waals surface area (Å²) in [6, 6.07) is 0. The Morgan fingerprint density at radius 1 is 0.724 bits per heavy atom. The van der Waals surface area contributed by atoms with Crippen molar-refractivity contribution in [2.75, 3.05) is 13.2 Å². The molecule has 0 radical (unpaired) electrons. The summed E-state index contributed by atoms with van der Waals surface area (Å²) in [7, 11) is -3.00. The molecule has 0 bridgehead atoms. The van der Waals surface area contributed by atoms with Crippen LogP contribution in [0.2, 0.25) is 39.3 Å². The van der Waals surface area contributed by atoms with Gasteiger partial charge in [0.25, 0.3) is 0 Å². The van der Waals surface area contributed by atoms with Crippen molar-refractivity contribution in [2.24, 2.45) is 0 Å². The van der Waals surface area contributed by atoms with E-state index < -0.39 is 16.6 Å². The first-order valence-corrected chi connectivity index (χ1v) is 16.1. The number of hydrogen-bond acceptors (Lipinski definition) is 4. The van der Waals surface area contributed by atoms with Crippen LogP contribution in [0.15, 0.2) is 35.2 Å². The third kappa shape index (κ3) is 14.7. The van der Waals surface area contributed by atoms with Crippen molar-refractivity contribution in [3.05, 3.63) is 47.3 Å². The Hall–Kier alpha value is 0.0569. The van der Waals surface area contributed by atoms with Gasteiger partial charge in [-0.25, -0.2) is 12.2 Å². The summed E-state index contributed by atoms with van der Waals surface area (Å²) < 4.78 is 22.5. The van der Waals surface area contributed by atoms with Gasteiger partial charge < -0.3 is 43.1 Å². The molecule has 0 aliphatic heterocycles. The fourth-order valence-corrected chi connectivity index (χ4v) is 3.87. The van der Waals surface area contributed by atoms with Crippen LogP contribution >= 0.6 is 0 Å². The summed E-state index contributed by atoms with van der Waals surface area (Å²) >= 11 is 0. The molecular weight excluding hydrogens is 523 g/mol. The van der Waals surface area contributed by atoms with E-state index in [1.165, 1.54) is 0 Å². The fourth-order valence-electron chi connectivity index (χ4n) is 2.20. The van der Waals surface area contributed by atoms with Crippen molar-refractivity contribution in [1.29, 1.82) is 0 Å². The molecule has 0 spiro atoms. The predicted octanol–water partition coefficient (Wildman–Crippen LogP) is -0.296. The van der Waals surface area contributed by atoms with Gasteiger partial charge in [0.15, 0.2) is 0 Å². The third-order valence-corrected chi connectivity index (χ3v) is 4.62. The Bertz CT molecular complexity index is 540. The van der Waals surface area contributed by atoms with E-state index in [9.17, 15) is 0 Å². The summed E-state index contributed by atoms with van der Waals surface area (Å²) in [5, 5.41) is 0. The van der Waals surface area contributed by atoms with E-state index in [2.05, 4.69) is 51.4 Å². The van der Waals surface area contributed by atoms with Crippen LogP contribution in [0.25, 0.3) is 0 Å². The van der Waals surface area contributed by atoms with Crippen LogP contribution in [0, 0.1) is 12.2 Å². The summed E-state index contributed by atoms with van der Waals surface area (Å²) in [6.07, 6.45) is 11.9. The fraction of sp³-hybridized carbons (Fsp3) is 0.600. The Labute approximate surface area is 211 Å². The molecule has 2 aliphatic rings. The standard InChI is InChI=1S/2C10H17O2Si.2ClH.Zr/c2*1-5-11-9-7-6-8-10(9)12-13(2,3)4;;;/h2*8H,5-6H2,1-4H3;2*1H;/q2*-1;;;+4/p-2. The monoisotopic (exact) mass is 554 g/mol. The molecule has 4 nitrogen and oxygen atoms in total. The molecule has 0 atom stereocenters. The molecule has 0 aromatic rings. The van der Waals surface area contributed by atoms with Crippen molar-refractivity contribution in [1.82, 2.24) is 0 Å². The minimum Gasteiger partial charge on any atom is -1.00 e. The minimum atomic E-state index is -1.50. The smallest absolute Gasteiger partial charge is 1.00 e. The van der Waals surface area contributed by atoms with E-state index in [0.29, 0.717) is 13.2 Å². The topological polar surface area (TPSA) is 36.9 Å². The molecule has 2 aliphatic carbocycles. The largest absolute Gasteiger partial charge is 4.00 e. The first kappa shape index (κ1) is 33.7. The summed E-state index contributed by atoms with van der Waals surface area (Å²) in [4.78, 5) is 0. The van der Waals surface area contributed by atoms with Gasteiger partial charge in [0.2, 0.25) is 16.6 Å². The molecule has 0 aromatic heterocycles. The van der Waals surface area contributed by atoms with Crippen molar-refractivity contribution >= 4 is 16.6 Å². The first-order chi connectivity index (χ1) is 12.1. The maximum absolute atomic E-state index is 5.84. The Morgan fingerprint density at radius 2 is 1.03 bits per heavy atom. The third-order valence-electron chi connectivity index (χ3n) is 2.96. The van der Waals surface area contributed by atoms with Gasteiger partial charge in [-0.05, 0) is 76.2 Å². The maximum Gasteiger partial charge on any atom is 4.00 e. The molecule has 0 N–H and O–H groups in total. The van der Waals surface area contributed by atoms with Gasteiger partial charge >= 0.3 is 26.2 Å². The molecule has 29 heavy (non-hydrogen) atoms. The second kappa shape index (κ2) is 15.8. The van der Waals surface area contributed by atoms with Gasteiger partial charge in [-0.3, -0.25) is 0 Å². The van der Waals surface area contributed by atoms with Crippen LogP contribution in [-0.2, 0) is 44.5 Å². The number of ether oxygens (including phenoxy) is 2. The minimum absolute atomic E-state index is 0. The van der Waals surface area contributed by atoms with Gasteiger partial charge in [0.05, 0.1) is 13.2 Å². The molecule has 9 heteroatoms. The van der Waals surface area contributed by atoms with Crippen LogP contribution in [0.3, 0.4) is 0 Å². The van der Waals surface area contributed by atoms with Crippen molar-refractivity contribution < 1.29 is 69.3 Å². The number of hydrogen-bond donors (Lipinski definition) is 0.